The van der Waals surface area contributed by atoms with E-state index < -0.39 is 0 Å². The van der Waals surface area contributed by atoms with Crippen LogP contribution in [0.5, 0.6) is 0 Å². The van der Waals surface area contributed by atoms with Gasteiger partial charge in [-0.05, 0) is 50.9 Å². The Bertz CT molecular complexity index is 470. The fourth-order valence-corrected chi connectivity index (χ4v) is 3.03. The lowest BCUT2D eigenvalue weighted by Gasteiger charge is -2.39. The molecule has 1 aliphatic heterocycles. The molecule has 1 aromatic rings. The SMILES string of the molecule is Cc1cc(CNC2CC2)cnc1N1CCN(C)CC1C. The van der Waals surface area contributed by atoms with Gasteiger partial charge in [-0.25, -0.2) is 4.98 Å². The molecule has 110 valence electrons. The van der Waals surface area contributed by atoms with Crippen LogP contribution in [0.3, 0.4) is 0 Å². The third-order valence-corrected chi connectivity index (χ3v) is 4.38. The molecule has 4 heteroatoms. The summed E-state index contributed by atoms with van der Waals surface area (Å²) in [6.07, 6.45) is 4.72. The first-order valence-corrected chi connectivity index (χ1v) is 7.77. The van der Waals surface area contributed by atoms with Gasteiger partial charge in [0.1, 0.15) is 5.82 Å². The predicted molar refractivity (Wildman–Crippen MR) is 83.1 cm³/mol. The number of likely N-dealkylation sites (N-methyl/N-ethyl adjacent to an activating group) is 1. The van der Waals surface area contributed by atoms with Crippen LogP contribution >= 0.6 is 0 Å². The quantitative estimate of drug-likeness (QED) is 0.907. The Morgan fingerprint density at radius 3 is 2.80 bits per heavy atom. The number of piperazine rings is 1. The fourth-order valence-electron chi connectivity index (χ4n) is 3.03. The van der Waals surface area contributed by atoms with Crippen LogP contribution < -0.4 is 10.2 Å². The maximum Gasteiger partial charge on any atom is 0.131 e. The van der Waals surface area contributed by atoms with Crippen molar-refractivity contribution in [1.82, 2.24) is 15.2 Å². The summed E-state index contributed by atoms with van der Waals surface area (Å²) >= 11 is 0. The first-order valence-electron chi connectivity index (χ1n) is 7.77. The topological polar surface area (TPSA) is 31.4 Å². The maximum atomic E-state index is 4.74. The summed E-state index contributed by atoms with van der Waals surface area (Å²) < 4.78 is 0. The van der Waals surface area contributed by atoms with Crippen LogP contribution in [0.2, 0.25) is 0 Å². The highest BCUT2D eigenvalue weighted by atomic mass is 15.3. The second-order valence-electron chi connectivity index (χ2n) is 6.44. The van der Waals surface area contributed by atoms with Gasteiger partial charge < -0.3 is 15.1 Å². The van der Waals surface area contributed by atoms with E-state index >= 15 is 0 Å². The monoisotopic (exact) mass is 274 g/mol. The molecule has 4 nitrogen and oxygen atoms in total. The molecule has 1 unspecified atom stereocenters. The lowest BCUT2D eigenvalue weighted by atomic mass is 10.1. The zero-order chi connectivity index (χ0) is 14.1. The van der Waals surface area contributed by atoms with E-state index in [-0.39, 0.29) is 0 Å². The van der Waals surface area contributed by atoms with Crippen molar-refractivity contribution in [1.29, 1.82) is 0 Å². The molecule has 0 spiro atoms. The van der Waals surface area contributed by atoms with Gasteiger partial charge in [-0.1, -0.05) is 0 Å². The molecule has 0 bridgehead atoms. The van der Waals surface area contributed by atoms with Crippen molar-refractivity contribution in [2.24, 2.45) is 0 Å². The molecule has 20 heavy (non-hydrogen) atoms. The summed E-state index contributed by atoms with van der Waals surface area (Å²) in [6.45, 7) is 8.75. The highest BCUT2D eigenvalue weighted by Crippen LogP contribution is 2.23. The van der Waals surface area contributed by atoms with Gasteiger partial charge >= 0.3 is 0 Å². The number of nitrogens with one attached hydrogen (secondary N) is 1. The fraction of sp³-hybridized carbons (Fsp3) is 0.688. The van der Waals surface area contributed by atoms with E-state index in [1.54, 1.807) is 0 Å². The molecule has 1 saturated heterocycles. The molecular formula is C16H26N4. The van der Waals surface area contributed by atoms with Crippen molar-refractivity contribution in [3.8, 4) is 0 Å². The Labute approximate surface area is 122 Å². The summed E-state index contributed by atoms with van der Waals surface area (Å²) in [5.41, 5.74) is 2.61. The van der Waals surface area contributed by atoms with Crippen LogP contribution in [0.4, 0.5) is 5.82 Å². The van der Waals surface area contributed by atoms with Gasteiger partial charge in [-0.2, -0.15) is 0 Å². The maximum absolute atomic E-state index is 4.74. The van der Waals surface area contributed by atoms with E-state index in [0.29, 0.717) is 6.04 Å². The summed E-state index contributed by atoms with van der Waals surface area (Å²) in [4.78, 5) is 9.59. The Kier molecular flexibility index (Phi) is 3.94. The van der Waals surface area contributed by atoms with E-state index in [1.165, 1.54) is 29.8 Å². The number of anilines is 1. The molecule has 0 radical (unpaired) electrons. The molecule has 1 aromatic heterocycles. The number of aryl methyl sites for hydroxylation is 1. The van der Waals surface area contributed by atoms with Gasteiger partial charge in [0.15, 0.2) is 0 Å². The second-order valence-corrected chi connectivity index (χ2v) is 6.44. The number of aromatic nitrogens is 1. The third kappa shape index (κ3) is 3.13. The van der Waals surface area contributed by atoms with E-state index in [4.69, 9.17) is 4.98 Å². The van der Waals surface area contributed by atoms with Gasteiger partial charge in [0.25, 0.3) is 0 Å². The standard InChI is InChI=1S/C16H26N4/c1-12-8-14(9-17-15-4-5-15)10-18-16(12)20-7-6-19(3)11-13(20)2/h8,10,13,15,17H,4-7,9,11H2,1-3H3. The van der Waals surface area contributed by atoms with Crippen molar-refractivity contribution in [3.63, 3.8) is 0 Å². The zero-order valence-electron chi connectivity index (χ0n) is 12.9. The minimum atomic E-state index is 0.537. The highest BCUT2D eigenvalue weighted by molar-refractivity contribution is 5.48. The number of hydrogen-bond donors (Lipinski definition) is 1. The van der Waals surface area contributed by atoms with E-state index in [2.05, 4.69) is 42.1 Å². The van der Waals surface area contributed by atoms with Crippen LogP contribution in [-0.4, -0.2) is 48.6 Å². The number of nitrogens with zero attached hydrogens (tertiary/aromatic N) is 3. The van der Waals surface area contributed by atoms with E-state index in [1.807, 2.05) is 6.20 Å². The minimum Gasteiger partial charge on any atom is -0.351 e. The van der Waals surface area contributed by atoms with Crippen molar-refractivity contribution in [2.45, 2.75) is 45.3 Å². The molecule has 2 fully saturated rings. The first-order chi connectivity index (χ1) is 9.63. The third-order valence-electron chi connectivity index (χ3n) is 4.38. The van der Waals surface area contributed by atoms with Crippen molar-refractivity contribution < 1.29 is 0 Å². The number of pyridine rings is 1. The van der Waals surface area contributed by atoms with Gasteiger partial charge in [-0.3, -0.25) is 0 Å². The second kappa shape index (κ2) is 5.70. The Balaban J connectivity index is 1.69. The molecule has 1 saturated carbocycles. The average molecular weight is 274 g/mol. The summed E-state index contributed by atoms with van der Waals surface area (Å²) in [5.74, 6) is 1.17. The van der Waals surface area contributed by atoms with E-state index in [9.17, 15) is 0 Å². The molecule has 1 N–H and O–H groups in total. The van der Waals surface area contributed by atoms with Crippen molar-refractivity contribution >= 4 is 5.82 Å². The first kappa shape index (κ1) is 13.8. The number of hydrogen-bond acceptors (Lipinski definition) is 4. The summed E-state index contributed by atoms with van der Waals surface area (Å²) in [6, 6.07) is 3.59. The zero-order valence-corrected chi connectivity index (χ0v) is 12.9. The number of rotatable bonds is 4. The van der Waals surface area contributed by atoms with Crippen LogP contribution in [0, 0.1) is 6.92 Å². The van der Waals surface area contributed by atoms with Gasteiger partial charge in [0, 0.05) is 44.5 Å². The average Bonchev–Trinajstić information content (AvgIpc) is 3.22. The minimum absolute atomic E-state index is 0.537. The molecular weight excluding hydrogens is 248 g/mol. The Morgan fingerprint density at radius 2 is 2.15 bits per heavy atom. The van der Waals surface area contributed by atoms with Crippen LogP contribution in [-0.2, 0) is 6.54 Å². The van der Waals surface area contributed by atoms with E-state index in [0.717, 1.165) is 32.2 Å². The summed E-state index contributed by atoms with van der Waals surface area (Å²) in [7, 11) is 2.20. The Morgan fingerprint density at radius 1 is 1.35 bits per heavy atom. The molecule has 1 aliphatic carbocycles. The van der Waals surface area contributed by atoms with Gasteiger partial charge in [0.2, 0.25) is 0 Å². The lowest BCUT2D eigenvalue weighted by molar-refractivity contribution is 0.274. The van der Waals surface area contributed by atoms with Crippen molar-refractivity contribution in [3.05, 3.63) is 23.4 Å². The lowest BCUT2D eigenvalue weighted by Crippen LogP contribution is -2.51. The van der Waals surface area contributed by atoms with Crippen LogP contribution in [0.1, 0.15) is 30.9 Å². The predicted octanol–water partition coefficient (Wildman–Crippen LogP) is 1.78. The summed E-state index contributed by atoms with van der Waals surface area (Å²) in [5, 5.41) is 3.55. The molecule has 2 aliphatic rings. The van der Waals surface area contributed by atoms with Gasteiger partial charge in [0.05, 0.1) is 0 Å². The largest absolute Gasteiger partial charge is 0.351 e. The van der Waals surface area contributed by atoms with Crippen LogP contribution in [0.25, 0.3) is 0 Å². The normalized spacial score (nSPS) is 24.1. The molecule has 2 heterocycles. The molecule has 0 aromatic carbocycles. The van der Waals surface area contributed by atoms with Crippen LogP contribution in [0.15, 0.2) is 12.3 Å². The van der Waals surface area contributed by atoms with Gasteiger partial charge in [-0.15, -0.1) is 0 Å². The Hall–Kier alpha value is -1.13. The smallest absolute Gasteiger partial charge is 0.131 e. The molecule has 3 rings (SSSR count). The molecule has 1 atom stereocenters. The molecule has 0 amide bonds. The highest BCUT2D eigenvalue weighted by Gasteiger charge is 2.24. The van der Waals surface area contributed by atoms with Crippen molar-refractivity contribution in [2.75, 3.05) is 31.6 Å².